The first-order valence-corrected chi connectivity index (χ1v) is 4.27. The van der Waals surface area contributed by atoms with E-state index in [9.17, 15) is 22.4 Å². The van der Waals surface area contributed by atoms with Crippen LogP contribution in [0, 0.1) is 0 Å². The van der Waals surface area contributed by atoms with Crippen LogP contribution in [0.3, 0.4) is 0 Å². The van der Waals surface area contributed by atoms with Crippen LogP contribution < -0.4 is 5.32 Å². The molecule has 1 fully saturated rings. The van der Waals surface area contributed by atoms with Crippen LogP contribution in [0.25, 0.3) is 0 Å². The molecule has 0 radical (unpaired) electrons. The minimum absolute atomic E-state index is 0.0202. The van der Waals surface area contributed by atoms with E-state index in [1.54, 1.807) is 5.32 Å². The van der Waals surface area contributed by atoms with E-state index >= 15 is 0 Å². The summed E-state index contributed by atoms with van der Waals surface area (Å²) in [6.45, 7) is -0.537. The van der Waals surface area contributed by atoms with Gasteiger partial charge in [0.25, 0.3) is 0 Å². The molecule has 1 rings (SSSR count). The SMILES string of the molecule is O=C(O)N1CC(Cl)NC(C(F)(F)F)C1F. The van der Waals surface area contributed by atoms with Crippen molar-refractivity contribution in [1.29, 1.82) is 0 Å². The second kappa shape index (κ2) is 4.01. The molecule has 1 aliphatic rings. The number of hydrogen-bond acceptors (Lipinski definition) is 2. The fraction of sp³-hybridized carbons (Fsp3) is 0.833. The van der Waals surface area contributed by atoms with Gasteiger partial charge in [-0.3, -0.25) is 10.2 Å². The molecule has 3 atom stereocenters. The van der Waals surface area contributed by atoms with Crippen LogP contribution in [-0.2, 0) is 0 Å². The summed E-state index contributed by atoms with van der Waals surface area (Å²) in [4.78, 5) is 10.4. The highest BCUT2D eigenvalue weighted by atomic mass is 35.5. The van der Waals surface area contributed by atoms with Crippen molar-refractivity contribution in [2.24, 2.45) is 0 Å². The molecule has 0 aromatic carbocycles. The number of halogens is 5. The smallest absolute Gasteiger partial charge is 0.409 e. The third-order valence-corrected chi connectivity index (χ3v) is 2.15. The van der Waals surface area contributed by atoms with Crippen molar-refractivity contribution < 1.29 is 27.5 Å². The second-order valence-corrected chi connectivity index (χ2v) is 3.49. The van der Waals surface area contributed by atoms with Crippen molar-refractivity contribution in [3.05, 3.63) is 0 Å². The average molecular weight is 251 g/mol. The zero-order valence-corrected chi connectivity index (χ0v) is 7.89. The van der Waals surface area contributed by atoms with Gasteiger partial charge in [0.1, 0.15) is 5.50 Å². The van der Waals surface area contributed by atoms with E-state index in [1.165, 1.54) is 0 Å². The molecule has 3 unspecified atom stereocenters. The molecule has 9 heteroatoms. The molecule has 1 amide bonds. The second-order valence-electron chi connectivity index (χ2n) is 2.96. The van der Waals surface area contributed by atoms with E-state index in [4.69, 9.17) is 16.7 Å². The fourth-order valence-corrected chi connectivity index (χ4v) is 1.50. The maximum atomic E-state index is 13.1. The molecule has 2 N–H and O–H groups in total. The van der Waals surface area contributed by atoms with Crippen LogP contribution in [-0.4, -0.2) is 46.7 Å². The van der Waals surface area contributed by atoms with Crippen LogP contribution in [0.5, 0.6) is 0 Å². The summed E-state index contributed by atoms with van der Waals surface area (Å²) in [6, 6.07) is -2.59. The summed E-state index contributed by atoms with van der Waals surface area (Å²) in [7, 11) is 0. The maximum absolute atomic E-state index is 13.1. The van der Waals surface area contributed by atoms with Crippen molar-refractivity contribution in [3.63, 3.8) is 0 Å². The van der Waals surface area contributed by atoms with Crippen molar-refractivity contribution in [2.75, 3.05) is 6.54 Å². The molecule has 0 aromatic rings. The van der Waals surface area contributed by atoms with Gasteiger partial charge in [-0.15, -0.1) is 11.6 Å². The molecule has 1 saturated heterocycles. The van der Waals surface area contributed by atoms with E-state index < -0.39 is 36.7 Å². The van der Waals surface area contributed by atoms with Gasteiger partial charge in [-0.05, 0) is 0 Å². The quantitative estimate of drug-likeness (QED) is 0.388. The molecule has 1 aliphatic heterocycles. The molecule has 0 bridgehead atoms. The highest BCUT2D eigenvalue weighted by Crippen LogP contribution is 2.29. The Labute approximate surface area is 86.8 Å². The van der Waals surface area contributed by atoms with Gasteiger partial charge in [0.2, 0.25) is 6.30 Å². The number of nitrogens with one attached hydrogen (secondary N) is 1. The van der Waals surface area contributed by atoms with E-state index in [0.29, 0.717) is 0 Å². The lowest BCUT2D eigenvalue weighted by Crippen LogP contribution is -2.65. The topological polar surface area (TPSA) is 52.6 Å². The highest BCUT2D eigenvalue weighted by molar-refractivity contribution is 6.20. The summed E-state index contributed by atoms with van der Waals surface area (Å²) >= 11 is 5.34. The monoisotopic (exact) mass is 250 g/mol. The Morgan fingerprint density at radius 3 is 2.47 bits per heavy atom. The van der Waals surface area contributed by atoms with E-state index in [2.05, 4.69) is 0 Å². The predicted molar refractivity (Wildman–Crippen MR) is 42.2 cm³/mol. The van der Waals surface area contributed by atoms with Crippen molar-refractivity contribution in [1.82, 2.24) is 10.2 Å². The average Bonchev–Trinajstić information content (AvgIpc) is 2.06. The number of rotatable bonds is 0. The first-order chi connectivity index (χ1) is 6.73. The van der Waals surface area contributed by atoms with Gasteiger partial charge in [0, 0.05) is 0 Å². The number of carboxylic acid groups (broad SMARTS) is 1. The zero-order valence-electron chi connectivity index (χ0n) is 7.13. The van der Waals surface area contributed by atoms with E-state index in [-0.39, 0.29) is 4.90 Å². The third-order valence-electron chi connectivity index (χ3n) is 1.89. The summed E-state index contributed by atoms with van der Waals surface area (Å²) in [6.07, 6.45) is -9.35. The summed E-state index contributed by atoms with van der Waals surface area (Å²) < 4.78 is 49.8. The Balaban J connectivity index is 2.86. The molecule has 88 valence electrons. The number of carbonyl (C=O) groups is 1. The van der Waals surface area contributed by atoms with Crippen LogP contribution >= 0.6 is 11.6 Å². The number of nitrogens with zero attached hydrogens (tertiary/aromatic N) is 1. The molecule has 0 aromatic heterocycles. The maximum Gasteiger partial charge on any atom is 0.409 e. The van der Waals surface area contributed by atoms with Gasteiger partial charge in [-0.25, -0.2) is 9.18 Å². The summed E-state index contributed by atoms with van der Waals surface area (Å²) in [5.74, 6) is 0. The van der Waals surface area contributed by atoms with Gasteiger partial charge >= 0.3 is 12.3 Å². The minimum atomic E-state index is -4.89. The molecule has 4 nitrogen and oxygen atoms in total. The fourth-order valence-electron chi connectivity index (χ4n) is 1.21. The van der Waals surface area contributed by atoms with Crippen LogP contribution in [0.4, 0.5) is 22.4 Å². The molecule has 0 aliphatic carbocycles. The summed E-state index contributed by atoms with van der Waals surface area (Å²) in [5, 5.41) is 10.2. The number of amides is 1. The number of hydrogen-bond donors (Lipinski definition) is 2. The van der Waals surface area contributed by atoms with Gasteiger partial charge in [0.05, 0.1) is 6.54 Å². The Morgan fingerprint density at radius 1 is 1.53 bits per heavy atom. The van der Waals surface area contributed by atoms with Crippen LogP contribution in [0.2, 0.25) is 0 Å². The Morgan fingerprint density at radius 2 is 2.07 bits per heavy atom. The predicted octanol–water partition coefficient (Wildman–Crippen LogP) is 1.36. The van der Waals surface area contributed by atoms with E-state index in [1.807, 2.05) is 0 Å². The lowest BCUT2D eigenvalue weighted by atomic mass is 10.2. The van der Waals surface area contributed by atoms with Gasteiger partial charge in [-0.2, -0.15) is 13.2 Å². The number of alkyl halides is 5. The van der Waals surface area contributed by atoms with Gasteiger partial charge in [-0.1, -0.05) is 0 Å². The molecule has 1 heterocycles. The molecular weight excluding hydrogens is 244 g/mol. The molecule has 0 spiro atoms. The summed E-state index contributed by atoms with van der Waals surface area (Å²) in [5.41, 5.74) is -1.26. The molecule has 0 saturated carbocycles. The van der Waals surface area contributed by atoms with Crippen LogP contribution in [0.15, 0.2) is 0 Å². The van der Waals surface area contributed by atoms with Gasteiger partial charge < -0.3 is 5.11 Å². The normalized spacial score (nSPS) is 32.9. The first-order valence-electron chi connectivity index (χ1n) is 3.84. The largest absolute Gasteiger partial charge is 0.465 e. The van der Waals surface area contributed by atoms with Gasteiger partial charge in [0.15, 0.2) is 6.04 Å². The zero-order chi connectivity index (χ0) is 11.8. The van der Waals surface area contributed by atoms with Crippen molar-refractivity contribution in [3.8, 4) is 0 Å². The Hall–Kier alpha value is -0.760. The number of piperazine rings is 1. The minimum Gasteiger partial charge on any atom is -0.465 e. The van der Waals surface area contributed by atoms with E-state index in [0.717, 1.165) is 0 Å². The standard InChI is InChI=1S/C6H7ClF4N2O2/c7-2-1-13(5(14)15)4(8)3(12-2)6(9,10)11/h2-4,12H,1H2,(H,14,15). The third kappa shape index (κ3) is 2.63. The lowest BCUT2D eigenvalue weighted by molar-refractivity contribution is -0.191. The van der Waals surface area contributed by atoms with Crippen molar-refractivity contribution >= 4 is 17.7 Å². The Bertz CT molecular complexity index is 262. The molecular formula is C6H7ClF4N2O2. The first kappa shape index (κ1) is 12.3. The lowest BCUT2D eigenvalue weighted by Gasteiger charge is -2.38. The Kier molecular flexibility index (Phi) is 3.29. The highest BCUT2D eigenvalue weighted by Gasteiger charge is 2.52. The molecule has 15 heavy (non-hydrogen) atoms. The van der Waals surface area contributed by atoms with Crippen LogP contribution in [0.1, 0.15) is 0 Å². The van der Waals surface area contributed by atoms with Crippen molar-refractivity contribution in [2.45, 2.75) is 24.0 Å².